The average molecular weight is 232 g/mol. The van der Waals surface area contributed by atoms with Crippen molar-refractivity contribution in [1.29, 1.82) is 0 Å². The first-order chi connectivity index (χ1) is 6.94. The molecule has 0 bridgehead atoms. The van der Waals surface area contributed by atoms with Gasteiger partial charge in [0.2, 0.25) is 0 Å². The fraction of sp³-hybridized carbons (Fsp3) is 0.455. The van der Waals surface area contributed by atoms with Crippen LogP contribution in [0.1, 0.15) is 12.5 Å². The lowest BCUT2D eigenvalue weighted by Crippen LogP contribution is -2.38. The van der Waals surface area contributed by atoms with Crippen LogP contribution < -0.4 is 5.32 Å². The van der Waals surface area contributed by atoms with Crippen LogP contribution in [0.2, 0.25) is 5.02 Å². The van der Waals surface area contributed by atoms with Gasteiger partial charge in [0.15, 0.2) is 0 Å². The highest BCUT2D eigenvalue weighted by Gasteiger charge is 2.20. The van der Waals surface area contributed by atoms with E-state index in [1.54, 1.807) is 26.1 Å². The minimum atomic E-state index is -0.851. The van der Waals surface area contributed by atoms with Crippen molar-refractivity contribution in [2.75, 3.05) is 13.6 Å². The molecule has 1 aromatic carbocycles. The second-order valence-corrected chi connectivity index (χ2v) is 4.36. The largest absolute Gasteiger partial charge is 0.389 e. The van der Waals surface area contributed by atoms with E-state index in [0.717, 1.165) is 5.56 Å². The first kappa shape index (κ1) is 12.4. The Morgan fingerprint density at radius 1 is 1.53 bits per heavy atom. The lowest BCUT2D eigenvalue weighted by Gasteiger charge is -2.22. The molecule has 0 saturated carbocycles. The van der Waals surface area contributed by atoms with E-state index in [1.165, 1.54) is 6.07 Å². The third-order valence-corrected chi connectivity index (χ3v) is 2.42. The Hall–Kier alpha value is -0.640. The summed E-state index contributed by atoms with van der Waals surface area (Å²) in [5.74, 6) is -0.436. The molecule has 0 aromatic heterocycles. The maximum absolute atomic E-state index is 12.9. The van der Waals surface area contributed by atoms with Gasteiger partial charge in [0, 0.05) is 13.0 Å². The zero-order chi connectivity index (χ0) is 11.5. The van der Waals surface area contributed by atoms with Gasteiger partial charge in [-0.2, -0.15) is 0 Å². The second kappa shape index (κ2) is 4.92. The molecule has 0 aliphatic heterocycles. The molecular formula is C11H15ClFNO. The highest BCUT2D eigenvalue weighted by molar-refractivity contribution is 6.30. The third kappa shape index (κ3) is 3.78. The van der Waals surface area contributed by atoms with Gasteiger partial charge >= 0.3 is 0 Å². The Morgan fingerprint density at radius 2 is 2.20 bits per heavy atom. The van der Waals surface area contributed by atoms with Crippen molar-refractivity contribution >= 4 is 11.6 Å². The Balaban J connectivity index is 2.76. The molecule has 2 N–H and O–H groups in total. The smallest absolute Gasteiger partial charge is 0.141 e. The summed E-state index contributed by atoms with van der Waals surface area (Å²) in [6.07, 6.45) is 0.438. The number of rotatable bonds is 4. The fourth-order valence-electron chi connectivity index (χ4n) is 1.53. The monoisotopic (exact) mass is 231 g/mol. The van der Waals surface area contributed by atoms with Crippen molar-refractivity contribution in [3.63, 3.8) is 0 Å². The Morgan fingerprint density at radius 3 is 2.73 bits per heavy atom. The average Bonchev–Trinajstić information content (AvgIpc) is 2.10. The quantitative estimate of drug-likeness (QED) is 0.831. The highest BCUT2D eigenvalue weighted by Crippen LogP contribution is 2.19. The van der Waals surface area contributed by atoms with Crippen LogP contribution in [0.15, 0.2) is 18.2 Å². The minimum absolute atomic E-state index is 0.0905. The van der Waals surface area contributed by atoms with E-state index >= 15 is 0 Å². The van der Waals surface area contributed by atoms with Gasteiger partial charge in [-0.3, -0.25) is 0 Å². The van der Waals surface area contributed by atoms with Crippen LogP contribution in [0.4, 0.5) is 4.39 Å². The van der Waals surface area contributed by atoms with Crippen molar-refractivity contribution in [2.24, 2.45) is 0 Å². The summed E-state index contributed by atoms with van der Waals surface area (Å²) in [7, 11) is 1.77. The maximum atomic E-state index is 12.9. The van der Waals surface area contributed by atoms with E-state index in [-0.39, 0.29) is 5.02 Å². The third-order valence-electron chi connectivity index (χ3n) is 2.13. The second-order valence-electron chi connectivity index (χ2n) is 3.95. The number of halogens is 2. The summed E-state index contributed by atoms with van der Waals surface area (Å²) in [5, 5.41) is 12.9. The predicted molar refractivity (Wildman–Crippen MR) is 59.7 cm³/mol. The number of likely N-dealkylation sites (N-methyl/N-ethyl adjacent to an activating group) is 1. The molecule has 0 saturated heterocycles. The maximum Gasteiger partial charge on any atom is 0.141 e. The van der Waals surface area contributed by atoms with Crippen molar-refractivity contribution < 1.29 is 9.50 Å². The SMILES string of the molecule is CNCC(C)(O)Cc1ccc(F)c(Cl)c1. The highest BCUT2D eigenvalue weighted by atomic mass is 35.5. The van der Waals surface area contributed by atoms with Crippen LogP contribution >= 0.6 is 11.6 Å². The van der Waals surface area contributed by atoms with E-state index in [4.69, 9.17) is 11.6 Å². The summed E-state index contributed by atoms with van der Waals surface area (Å²) >= 11 is 5.65. The van der Waals surface area contributed by atoms with Crippen molar-refractivity contribution in [3.05, 3.63) is 34.6 Å². The molecule has 0 spiro atoms. The van der Waals surface area contributed by atoms with Crippen LogP contribution in [0.25, 0.3) is 0 Å². The summed E-state index contributed by atoms with van der Waals surface area (Å²) in [4.78, 5) is 0. The molecule has 1 rings (SSSR count). The minimum Gasteiger partial charge on any atom is -0.389 e. The summed E-state index contributed by atoms with van der Waals surface area (Å²) in [6, 6.07) is 4.49. The first-order valence-corrected chi connectivity index (χ1v) is 5.13. The molecule has 1 unspecified atom stereocenters. The van der Waals surface area contributed by atoms with E-state index < -0.39 is 11.4 Å². The molecule has 0 heterocycles. The molecule has 0 aliphatic carbocycles. The molecular weight excluding hydrogens is 217 g/mol. The van der Waals surface area contributed by atoms with Gasteiger partial charge in [-0.25, -0.2) is 4.39 Å². The number of nitrogens with one attached hydrogen (secondary N) is 1. The Labute approximate surface area is 94.1 Å². The molecule has 0 radical (unpaired) electrons. The lowest BCUT2D eigenvalue weighted by molar-refractivity contribution is 0.0622. The van der Waals surface area contributed by atoms with Crippen LogP contribution in [0.3, 0.4) is 0 Å². The van der Waals surface area contributed by atoms with E-state index in [1.807, 2.05) is 0 Å². The molecule has 1 aromatic rings. The molecule has 2 nitrogen and oxygen atoms in total. The van der Waals surface area contributed by atoms with Gasteiger partial charge in [0.1, 0.15) is 5.82 Å². The standard InChI is InChI=1S/C11H15ClFNO/c1-11(15,7-14-2)6-8-3-4-10(13)9(12)5-8/h3-5,14-15H,6-7H2,1-2H3. The topological polar surface area (TPSA) is 32.3 Å². The van der Waals surface area contributed by atoms with E-state index in [0.29, 0.717) is 13.0 Å². The molecule has 1 atom stereocenters. The van der Waals surface area contributed by atoms with Crippen LogP contribution in [-0.4, -0.2) is 24.3 Å². The van der Waals surface area contributed by atoms with Gasteiger partial charge in [0.05, 0.1) is 10.6 Å². The number of hydrogen-bond acceptors (Lipinski definition) is 2. The van der Waals surface area contributed by atoms with E-state index in [2.05, 4.69) is 5.32 Å². The molecule has 0 amide bonds. The molecule has 0 aliphatic rings. The van der Waals surface area contributed by atoms with Crippen molar-refractivity contribution in [1.82, 2.24) is 5.32 Å². The number of hydrogen-bond donors (Lipinski definition) is 2. The van der Waals surface area contributed by atoms with Crippen LogP contribution in [0, 0.1) is 5.82 Å². The van der Waals surface area contributed by atoms with Gasteiger partial charge in [0.25, 0.3) is 0 Å². The number of benzene rings is 1. The number of aliphatic hydroxyl groups is 1. The van der Waals surface area contributed by atoms with Gasteiger partial charge in [-0.1, -0.05) is 17.7 Å². The summed E-state index contributed by atoms with van der Waals surface area (Å²) < 4.78 is 12.9. The lowest BCUT2D eigenvalue weighted by atomic mass is 9.96. The fourth-order valence-corrected chi connectivity index (χ4v) is 1.74. The van der Waals surface area contributed by atoms with E-state index in [9.17, 15) is 9.50 Å². The van der Waals surface area contributed by atoms with Crippen molar-refractivity contribution in [3.8, 4) is 0 Å². The molecule has 15 heavy (non-hydrogen) atoms. The predicted octanol–water partition coefficient (Wildman–Crippen LogP) is 1.99. The summed E-state index contributed by atoms with van der Waals surface area (Å²) in [6.45, 7) is 2.20. The first-order valence-electron chi connectivity index (χ1n) is 4.75. The van der Waals surface area contributed by atoms with Gasteiger partial charge in [-0.15, -0.1) is 0 Å². The summed E-state index contributed by atoms with van der Waals surface area (Å²) in [5.41, 5.74) is -0.0303. The zero-order valence-electron chi connectivity index (χ0n) is 8.85. The molecule has 84 valence electrons. The normalized spacial score (nSPS) is 15.0. The van der Waals surface area contributed by atoms with Crippen LogP contribution in [0.5, 0.6) is 0 Å². The van der Waals surface area contributed by atoms with Gasteiger partial charge < -0.3 is 10.4 Å². The molecule has 0 fully saturated rings. The Bertz CT molecular complexity index is 341. The van der Waals surface area contributed by atoms with Crippen LogP contribution in [-0.2, 0) is 6.42 Å². The van der Waals surface area contributed by atoms with Crippen molar-refractivity contribution in [2.45, 2.75) is 18.9 Å². The molecule has 4 heteroatoms. The Kier molecular flexibility index (Phi) is 4.08. The van der Waals surface area contributed by atoms with Gasteiger partial charge in [-0.05, 0) is 31.7 Å². The zero-order valence-corrected chi connectivity index (χ0v) is 9.61.